The molecule has 112 valence electrons. The number of nitrogens with zero attached hydrogens (tertiary/aromatic N) is 4. The zero-order chi connectivity index (χ0) is 15.6. The zero-order valence-corrected chi connectivity index (χ0v) is 13.2. The summed E-state index contributed by atoms with van der Waals surface area (Å²) in [5.41, 5.74) is 0.244. The van der Waals surface area contributed by atoms with Gasteiger partial charge in [-0.2, -0.15) is 8.42 Å². The van der Waals surface area contributed by atoms with Crippen molar-refractivity contribution in [1.29, 1.82) is 0 Å². The first kappa shape index (κ1) is 15.4. The number of benzene rings is 1. The molecule has 0 saturated heterocycles. The van der Waals surface area contributed by atoms with Crippen LogP contribution in [-0.2, 0) is 21.9 Å². The van der Waals surface area contributed by atoms with Crippen LogP contribution in [0.1, 0.15) is 0 Å². The molecule has 1 N–H and O–H groups in total. The molecule has 10 heteroatoms. The molecule has 0 unspecified atom stereocenters. The van der Waals surface area contributed by atoms with Crippen LogP contribution in [0.5, 0.6) is 0 Å². The van der Waals surface area contributed by atoms with E-state index in [2.05, 4.69) is 26.2 Å². The lowest BCUT2D eigenvalue weighted by atomic mass is 10.3. The van der Waals surface area contributed by atoms with Crippen LogP contribution in [0.15, 0.2) is 40.0 Å². The van der Waals surface area contributed by atoms with Crippen LogP contribution >= 0.6 is 15.9 Å². The van der Waals surface area contributed by atoms with Gasteiger partial charge in [-0.05, 0) is 28.1 Å². The monoisotopic (exact) mass is 374 g/mol. The van der Waals surface area contributed by atoms with Crippen LogP contribution < -0.4 is 4.31 Å². The minimum atomic E-state index is -4.12. The van der Waals surface area contributed by atoms with E-state index in [1.165, 1.54) is 19.2 Å². The number of sulfonamides is 1. The van der Waals surface area contributed by atoms with E-state index < -0.39 is 22.5 Å². The predicted molar refractivity (Wildman–Crippen MR) is 77.3 cm³/mol. The lowest BCUT2D eigenvalue weighted by Crippen LogP contribution is -2.36. The van der Waals surface area contributed by atoms with Gasteiger partial charge in [0.15, 0.2) is 4.60 Å². The molecule has 0 aliphatic carbocycles. The lowest BCUT2D eigenvalue weighted by molar-refractivity contribution is -0.135. The fourth-order valence-corrected chi connectivity index (χ4v) is 4.19. The van der Waals surface area contributed by atoms with Gasteiger partial charge in [-0.1, -0.05) is 23.4 Å². The van der Waals surface area contributed by atoms with Gasteiger partial charge in [0, 0.05) is 7.05 Å². The second-order valence-corrected chi connectivity index (χ2v) is 6.58. The fraction of sp³-hybridized carbons (Fsp3) is 0.182. The molecule has 2 rings (SSSR count). The number of aryl methyl sites for hydroxylation is 1. The number of carboxylic acid groups (broad SMARTS) is 1. The van der Waals surface area contributed by atoms with Gasteiger partial charge in [-0.3, -0.25) is 9.10 Å². The van der Waals surface area contributed by atoms with Crippen molar-refractivity contribution < 1.29 is 18.3 Å². The number of aromatic nitrogens is 3. The SMILES string of the molecule is Cn1nnc(Br)c1S(=O)(=O)N(CC(=O)O)c1ccccc1. The molecule has 8 nitrogen and oxygen atoms in total. The summed E-state index contributed by atoms with van der Waals surface area (Å²) in [7, 11) is -2.71. The van der Waals surface area contributed by atoms with Gasteiger partial charge in [0.25, 0.3) is 10.0 Å². The van der Waals surface area contributed by atoms with E-state index in [4.69, 9.17) is 5.11 Å². The maximum Gasteiger partial charge on any atom is 0.324 e. The van der Waals surface area contributed by atoms with Gasteiger partial charge in [0.05, 0.1) is 5.69 Å². The van der Waals surface area contributed by atoms with Gasteiger partial charge in [0.2, 0.25) is 5.03 Å². The van der Waals surface area contributed by atoms with Crippen LogP contribution in [0, 0.1) is 0 Å². The third-order valence-corrected chi connectivity index (χ3v) is 5.26. The Labute approximate surface area is 129 Å². The third-order valence-electron chi connectivity index (χ3n) is 2.59. The van der Waals surface area contributed by atoms with E-state index in [1.54, 1.807) is 18.2 Å². The van der Waals surface area contributed by atoms with Crippen molar-refractivity contribution in [3.05, 3.63) is 34.9 Å². The molecule has 2 aromatic rings. The van der Waals surface area contributed by atoms with E-state index in [-0.39, 0.29) is 15.3 Å². The first-order valence-electron chi connectivity index (χ1n) is 5.69. The molecule has 0 aliphatic rings. The maximum atomic E-state index is 12.7. The molecule has 0 bridgehead atoms. The van der Waals surface area contributed by atoms with Crippen molar-refractivity contribution in [2.45, 2.75) is 5.03 Å². The Morgan fingerprint density at radius 3 is 2.48 bits per heavy atom. The Bertz CT molecular complexity index is 740. The van der Waals surface area contributed by atoms with Gasteiger partial charge in [-0.25, -0.2) is 4.68 Å². The van der Waals surface area contributed by atoms with E-state index in [1.807, 2.05) is 0 Å². The number of aliphatic carboxylic acids is 1. The topological polar surface area (TPSA) is 105 Å². The molecule has 1 heterocycles. The molecule has 1 aromatic carbocycles. The van der Waals surface area contributed by atoms with Gasteiger partial charge in [-0.15, -0.1) is 5.10 Å². The highest BCUT2D eigenvalue weighted by molar-refractivity contribution is 9.10. The molecule has 21 heavy (non-hydrogen) atoms. The van der Waals surface area contributed by atoms with Crippen LogP contribution in [0.25, 0.3) is 0 Å². The molecule has 0 fully saturated rings. The molecular weight excluding hydrogens is 364 g/mol. The lowest BCUT2D eigenvalue weighted by Gasteiger charge is -2.22. The Balaban J connectivity index is 2.58. The summed E-state index contributed by atoms with van der Waals surface area (Å²) in [6.07, 6.45) is 0. The number of anilines is 1. The minimum absolute atomic E-state index is 0.0244. The highest BCUT2D eigenvalue weighted by Crippen LogP contribution is 2.26. The van der Waals surface area contributed by atoms with E-state index in [9.17, 15) is 13.2 Å². The highest BCUT2D eigenvalue weighted by atomic mass is 79.9. The maximum absolute atomic E-state index is 12.7. The summed E-state index contributed by atoms with van der Waals surface area (Å²) >= 11 is 3.01. The number of halogens is 1. The largest absolute Gasteiger partial charge is 0.480 e. The van der Waals surface area contributed by atoms with Crippen molar-refractivity contribution in [3.63, 3.8) is 0 Å². The fourth-order valence-electron chi connectivity index (χ4n) is 1.73. The Morgan fingerprint density at radius 1 is 1.38 bits per heavy atom. The summed E-state index contributed by atoms with van der Waals surface area (Å²) in [6.45, 7) is -0.704. The summed E-state index contributed by atoms with van der Waals surface area (Å²) in [4.78, 5) is 11.0. The van der Waals surface area contributed by atoms with Gasteiger partial charge in [0.1, 0.15) is 6.54 Å². The highest BCUT2D eigenvalue weighted by Gasteiger charge is 2.32. The Hall–Kier alpha value is -1.94. The second kappa shape index (κ2) is 5.82. The number of carbonyl (C=O) groups is 1. The third kappa shape index (κ3) is 3.05. The molecule has 0 spiro atoms. The molecule has 0 atom stereocenters. The second-order valence-electron chi connectivity index (χ2n) is 4.05. The van der Waals surface area contributed by atoms with Gasteiger partial charge < -0.3 is 5.11 Å². The number of hydrogen-bond donors (Lipinski definition) is 1. The predicted octanol–water partition coefficient (Wildman–Crippen LogP) is 0.857. The first-order valence-corrected chi connectivity index (χ1v) is 7.92. The number of hydrogen-bond acceptors (Lipinski definition) is 5. The molecule has 0 aliphatic heterocycles. The zero-order valence-electron chi connectivity index (χ0n) is 10.8. The van der Waals surface area contributed by atoms with Crippen molar-refractivity contribution in [3.8, 4) is 0 Å². The van der Waals surface area contributed by atoms with Crippen LogP contribution in [-0.4, -0.2) is 41.0 Å². The summed E-state index contributed by atoms with van der Waals surface area (Å²) in [5.74, 6) is -1.27. The molecule has 0 radical (unpaired) electrons. The molecule has 0 saturated carbocycles. The van der Waals surface area contributed by atoms with Crippen LogP contribution in [0.4, 0.5) is 5.69 Å². The standard InChI is InChI=1S/C11H11BrN4O4S/c1-15-11(10(12)13-14-15)21(19,20)16(7-9(17)18)8-5-3-2-4-6-8/h2-6H,7H2,1H3,(H,17,18). The van der Waals surface area contributed by atoms with E-state index >= 15 is 0 Å². The summed E-state index contributed by atoms with van der Waals surface area (Å²) < 4.78 is 27.3. The average molecular weight is 375 g/mol. The van der Waals surface area contributed by atoms with Crippen molar-refractivity contribution in [2.75, 3.05) is 10.8 Å². The Kier molecular flexibility index (Phi) is 4.28. The average Bonchev–Trinajstić information content (AvgIpc) is 2.76. The van der Waals surface area contributed by atoms with Gasteiger partial charge >= 0.3 is 5.97 Å². The van der Waals surface area contributed by atoms with E-state index in [0.717, 1.165) is 8.99 Å². The summed E-state index contributed by atoms with van der Waals surface area (Å²) in [5, 5.41) is 16.0. The van der Waals surface area contributed by atoms with Crippen LogP contribution in [0.3, 0.4) is 0 Å². The normalized spacial score (nSPS) is 11.3. The number of carboxylic acids is 1. The molecular formula is C11H11BrN4O4S. The molecule has 1 aromatic heterocycles. The first-order chi connectivity index (χ1) is 9.84. The quantitative estimate of drug-likeness (QED) is 0.831. The van der Waals surface area contributed by atoms with Crippen molar-refractivity contribution in [2.24, 2.45) is 7.05 Å². The van der Waals surface area contributed by atoms with Crippen molar-refractivity contribution >= 4 is 37.6 Å². The number of para-hydroxylation sites is 1. The Morgan fingerprint density at radius 2 is 2.00 bits per heavy atom. The minimum Gasteiger partial charge on any atom is -0.480 e. The van der Waals surface area contributed by atoms with E-state index in [0.29, 0.717) is 0 Å². The smallest absolute Gasteiger partial charge is 0.324 e. The molecule has 0 amide bonds. The van der Waals surface area contributed by atoms with Crippen molar-refractivity contribution in [1.82, 2.24) is 15.0 Å². The summed E-state index contributed by atoms with van der Waals surface area (Å²) in [6, 6.07) is 7.97. The number of rotatable bonds is 5. The van der Waals surface area contributed by atoms with Crippen LogP contribution in [0.2, 0.25) is 0 Å².